The maximum Gasteiger partial charge on any atom is 0.150 e. The fourth-order valence-corrected chi connectivity index (χ4v) is 4.19. The van der Waals surface area contributed by atoms with Crippen molar-refractivity contribution < 1.29 is 17.9 Å². The smallest absolute Gasteiger partial charge is 0.150 e. The molecule has 5 nitrogen and oxygen atoms in total. The third kappa shape index (κ3) is 6.55. The second-order valence-corrected chi connectivity index (χ2v) is 10.1. The number of hydrogen-bond donors (Lipinski definition) is 0. The van der Waals surface area contributed by atoms with Gasteiger partial charge in [0.1, 0.15) is 21.7 Å². The monoisotopic (exact) mass is 479 g/mol. The van der Waals surface area contributed by atoms with Crippen molar-refractivity contribution in [2.45, 2.75) is 6.42 Å². The first-order valence-electron chi connectivity index (χ1n) is 10.2. The van der Waals surface area contributed by atoms with E-state index in [-0.39, 0.29) is 17.4 Å². The van der Waals surface area contributed by atoms with Crippen LogP contribution in [0.3, 0.4) is 0 Å². The van der Waals surface area contributed by atoms with E-state index in [2.05, 4.69) is 6.07 Å². The summed E-state index contributed by atoms with van der Waals surface area (Å²) in [5.74, 6) is 0.368. The average molecular weight is 480 g/mol. The van der Waals surface area contributed by atoms with E-state index in [1.165, 1.54) is 12.3 Å². The second kappa shape index (κ2) is 11.0. The largest absolute Gasteiger partial charge is 0.492 e. The highest BCUT2D eigenvalue weighted by atomic mass is 35.5. The van der Waals surface area contributed by atoms with Crippen molar-refractivity contribution in [3.05, 3.63) is 87.9 Å². The van der Waals surface area contributed by atoms with Crippen LogP contribution in [-0.2, 0) is 9.84 Å². The molecule has 0 radical (unpaired) electrons. The molecular weight excluding hydrogens is 458 g/mol. The molecule has 0 spiro atoms. The van der Waals surface area contributed by atoms with Crippen LogP contribution in [0.2, 0.25) is 5.02 Å². The molecule has 0 saturated carbocycles. The molecule has 0 aliphatic heterocycles. The standard InChI is InChI=1S/C26H22ClNO4S/c1-33(30,31)14-6-13-32-26-16-21(22(18-29)15-25(26)27)12-11-20-9-5-10-23(24(20)17-28)19-7-3-2-4-8-19/h2-5,7-12,15-16,18H,6,13-14H2,1H3/b12-11+. The van der Waals surface area contributed by atoms with Crippen LogP contribution in [0, 0.1) is 11.3 Å². The lowest BCUT2D eigenvalue weighted by molar-refractivity contribution is 0.112. The molecule has 0 unspecified atom stereocenters. The van der Waals surface area contributed by atoms with E-state index in [1.807, 2.05) is 48.5 Å². The molecule has 0 bridgehead atoms. The molecule has 7 heteroatoms. The molecule has 0 fully saturated rings. The number of nitriles is 1. The molecule has 3 aromatic rings. The molecule has 3 rings (SSSR count). The minimum absolute atomic E-state index is 0.0124. The Bertz CT molecular complexity index is 1330. The highest BCUT2D eigenvalue weighted by Gasteiger charge is 2.11. The van der Waals surface area contributed by atoms with Crippen LogP contribution in [0.15, 0.2) is 60.7 Å². The lowest BCUT2D eigenvalue weighted by Crippen LogP contribution is -2.08. The van der Waals surface area contributed by atoms with Gasteiger partial charge in [0.25, 0.3) is 0 Å². The summed E-state index contributed by atoms with van der Waals surface area (Å²) in [6, 6.07) is 20.7. The van der Waals surface area contributed by atoms with Gasteiger partial charge in [0.05, 0.1) is 22.9 Å². The predicted molar refractivity (Wildman–Crippen MR) is 132 cm³/mol. The lowest BCUT2D eigenvalue weighted by atomic mass is 9.95. The Balaban J connectivity index is 1.90. The van der Waals surface area contributed by atoms with Gasteiger partial charge in [-0.1, -0.05) is 72.3 Å². The predicted octanol–water partition coefficient (Wildman–Crippen LogP) is 5.68. The Labute approximate surface area is 198 Å². The Morgan fingerprint density at radius 2 is 1.73 bits per heavy atom. The number of hydrogen-bond acceptors (Lipinski definition) is 5. The number of nitrogens with zero attached hydrogens (tertiary/aromatic N) is 1. The second-order valence-electron chi connectivity index (χ2n) is 7.44. The van der Waals surface area contributed by atoms with Gasteiger partial charge in [-0.3, -0.25) is 4.79 Å². The topological polar surface area (TPSA) is 84.2 Å². The summed E-state index contributed by atoms with van der Waals surface area (Å²) in [6.45, 7) is 0.175. The molecular formula is C26H22ClNO4S. The zero-order valence-electron chi connectivity index (χ0n) is 18.0. The van der Waals surface area contributed by atoms with Gasteiger partial charge in [-0.25, -0.2) is 8.42 Å². The molecule has 168 valence electrons. The van der Waals surface area contributed by atoms with Crippen molar-refractivity contribution in [3.8, 4) is 22.9 Å². The molecule has 3 aromatic carbocycles. The van der Waals surface area contributed by atoms with E-state index < -0.39 is 9.84 Å². The van der Waals surface area contributed by atoms with E-state index >= 15 is 0 Å². The summed E-state index contributed by atoms with van der Waals surface area (Å²) < 4.78 is 28.2. The third-order valence-electron chi connectivity index (χ3n) is 4.92. The Morgan fingerprint density at radius 3 is 2.39 bits per heavy atom. The third-order valence-corrected chi connectivity index (χ3v) is 6.24. The van der Waals surface area contributed by atoms with Gasteiger partial charge in [0.2, 0.25) is 0 Å². The number of carbonyl (C=O) groups excluding carboxylic acids is 1. The highest BCUT2D eigenvalue weighted by Crippen LogP contribution is 2.30. The summed E-state index contributed by atoms with van der Waals surface area (Å²) >= 11 is 6.23. The van der Waals surface area contributed by atoms with Gasteiger partial charge in [-0.05, 0) is 35.2 Å². The van der Waals surface area contributed by atoms with Crippen molar-refractivity contribution in [2.24, 2.45) is 0 Å². The summed E-state index contributed by atoms with van der Waals surface area (Å²) in [4.78, 5) is 11.6. The summed E-state index contributed by atoms with van der Waals surface area (Å²) in [6.07, 6.45) is 5.70. The SMILES string of the molecule is CS(=O)(=O)CCCOc1cc(/C=C/c2cccc(-c3ccccc3)c2C#N)c(C=O)cc1Cl. The number of halogens is 1. The first-order chi connectivity index (χ1) is 15.8. The highest BCUT2D eigenvalue weighted by molar-refractivity contribution is 7.90. The summed E-state index contributed by atoms with van der Waals surface area (Å²) in [5.41, 5.74) is 3.94. The molecule has 0 N–H and O–H groups in total. The number of benzene rings is 3. The van der Waals surface area contributed by atoms with Gasteiger partial charge in [0.15, 0.2) is 6.29 Å². The van der Waals surface area contributed by atoms with E-state index in [1.54, 1.807) is 18.2 Å². The Morgan fingerprint density at radius 1 is 1.00 bits per heavy atom. The molecule has 33 heavy (non-hydrogen) atoms. The van der Waals surface area contributed by atoms with E-state index in [0.29, 0.717) is 40.7 Å². The minimum Gasteiger partial charge on any atom is -0.492 e. The minimum atomic E-state index is -3.07. The van der Waals surface area contributed by atoms with Crippen LogP contribution in [0.1, 0.15) is 33.5 Å². The fraction of sp³-hybridized carbons (Fsp3) is 0.154. The van der Waals surface area contributed by atoms with Crippen LogP contribution in [0.4, 0.5) is 0 Å². The van der Waals surface area contributed by atoms with Crippen LogP contribution >= 0.6 is 11.6 Å². The van der Waals surface area contributed by atoms with Crippen LogP contribution in [-0.4, -0.2) is 33.3 Å². The average Bonchev–Trinajstić information content (AvgIpc) is 2.81. The maximum atomic E-state index is 11.6. The van der Waals surface area contributed by atoms with E-state index in [9.17, 15) is 18.5 Å². The molecule has 0 amide bonds. The zero-order chi connectivity index (χ0) is 23.8. The molecule has 0 aliphatic carbocycles. The van der Waals surface area contributed by atoms with Crippen molar-refractivity contribution in [2.75, 3.05) is 18.6 Å². The number of sulfone groups is 1. The van der Waals surface area contributed by atoms with E-state index in [4.69, 9.17) is 16.3 Å². The van der Waals surface area contributed by atoms with E-state index in [0.717, 1.165) is 11.1 Å². The van der Waals surface area contributed by atoms with Crippen molar-refractivity contribution in [1.82, 2.24) is 0 Å². The van der Waals surface area contributed by atoms with Crippen LogP contribution in [0.25, 0.3) is 23.3 Å². The first-order valence-corrected chi connectivity index (χ1v) is 12.6. The van der Waals surface area contributed by atoms with Crippen molar-refractivity contribution in [3.63, 3.8) is 0 Å². The summed E-state index contributed by atoms with van der Waals surface area (Å²) in [7, 11) is -3.07. The molecule has 0 saturated heterocycles. The van der Waals surface area contributed by atoms with Crippen molar-refractivity contribution in [1.29, 1.82) is 5.26 Å². The molecule has 0 aromatic heterocycles. The van der Waals surface area contributed by atoms with Crippen LogP contribution in [0.5, 0.6) is 5.75 Å². The maximum absolute atomic E-state index is 11.6. The Hall–Kier alpha value is -3.40. The number of carbonyl (C=O) groups is 1. The van der Waals surface area contributed by atoms with Gasteiger partial charge in [-0.15, -0.1) is 0 Å². The lowest BCUT2D eigenvalue weighted by Gasteiger charge is -2.11. The number of ether oxygens (including phenoxy) is 1. The zero-order valence-corrected chi connectivity index (χ0v) is 19.6. The normalized spacial score (nSPS) is 11.3. The number of rotatable bonds is 9. The molecule has 0 aliphatic rings. The van der Waals surface area contributed by atoms with Gasteiger partial charge in [-0.2, -0.15) is 5.26 Å². The van der Waals surface area contributed by atoms with Crippen molar-refractivity contribution >= 4 is 39.9 Å². The molecule has 0 heterocycles. The van der Waals surface area contributed by atoms with Gasteiger partial charge >= 0.3 is 0 Å². The molecule has 0 atom stereocenters. The summed E-state index contributed by atoms with van der Waals surface area (Å²) in [5, 5.41) is 10.1. The quantitative estimate of drug-likeness (QED) is 0.224. The Kier molecular flexibility index (Phi) is 8.05. The van der Waals surface area contributed by atoms with Crippen LogP contribution < -0.4 is 4.74 Å². The number of aldehydes is 1. The first kappa shape index (κ1) is 24.2. The fourth-order valence-electron chi connectivity index (χ4n) is 3.32. The van der Waals surface area contributed by atoms with Gasteiger partial charge < -0.3 is 4.74 Å². The van der Waals surface area contributed by atoms with Gasteiger partial charge in [0, 0.05) is 17.4 Å².